The summed E-state index contributed by atoms with van der Waals surface area (Å²) in [5.74, 6) is 0. The van der Waals surface area contributed by atoms with Crippen molar-refractivity contribution < 1.29 is 0 Å². The van der Waals surface area contributed by atoms with Crippen LogP contribution in [0.1, 0.15) is 19.8 Å². The fourth-order valence-corrected chi connectivity index (χ4v) is 2.41. The van der Waals surface area contributed by atoms with E-state index in [0.717, 1.165) is 24.7 Å². The Bertz CT molecular complexity index is 315. The number of nitrogens with one attached hydrogen (secondary N) is 1. The van der Waals surface area contributed by atoms with Gasteiger partial charge >= 0.3 is 0 Å². The van der Waals surface area contributed by atoms with Crippen molar-refractivity contribution in [2.75, 3.05) is 24.5 Å². The second-order valence-electron chi connectivity index (χ2n) is 4.30. The van der Waals surface area contributed by atoms with Gasteiger partial charge in [-0.2, -0.15) is 0 Å². The van der Waals surface area contributed by atoms with Gasteiger partial charge in [-0.3, -0.25) is 0 Å². The molecule has 1 saturated heterocycles. The Kier molecular flexibility index (Phi) is 4.08. The number of hydrogen-bond acceptors (Lipinski definition) is 2. The smallest absolute Gasteiger partial charge is 0.0407 e. The Balaban J connectivity index is 1.91. The standard InChI is InChI=1S/C13H19ClN2/c1-2-15-12-7-9-16(10-8-12)13-5-3-11(14)4-6-13/h3-6,12,15H,2,7-10H2,1H3. The highest BCUT2D eigenvalue weighted by atomic mass is 35.5. The van der Waals surface area contributed by atoms with Crippen LogP contribution in [0.15, 0.2) is 24.3 Å². The van der Waals surface area contributed by atoms with E-state index in [1.807, 2.05) is 12.1 Å². The Labute approximate surface area is 103 Å². The van der Waals surface area contributed by atoms with Gasteiger partial charge in [-0.25, -0.2) is 0 Å². The van der Waals surface area contributed by atoms with Gasteiger partial charge in [0.2, 0.25) is 0 Å². The monoisotopic (exact) mass is 238 g/mol. The summed E-state index contributed by atoms with van der Waals surface area (Å²) in [7, 11) is 0. The van der Waals surface area contributed by atoms with E-state index in [-0.39, 0.29) is 0 Å². The van der Waals surface area contributed by atoms with Crippen molar-refractivity contribution in [1.82, 2.24) is 5.32 Å². The number of piperidine rings is 1. The summed E-state index contributed by atoms with van der Waals surface area (Å²) in [6.07, 6.45) is 2.47. The van der Waals surface area contributed by atoms with E-state index >= 15 is 0 Å². The SMILES string of the molecule is CCNC1CCN(c2ccc(Cl)cc2)CC1. The quantitative estimate of drug-likeness (QED) is 0.871. The first-order valence-corrected chi connectivity index (χ1v) is 6.41. The topological polar surface area (TPSA) is 15.3 Å². The molecule has 3 heteroatoms. The van der Waals surface area contributed by atoms with Gasteiger partial charge in [-0.05, 0) is 43.7 Å². The lowest BCUT2D eigenvalue weighted by molar-refractivity contribution is 0.424. The van der Waals surface area contributed by atoms with Crippen LogP contribution in [0.5, 0.6) is 0 Å². The maximum atomic E-state index is 5.89. The van der Waals surface area contributed by atoms with Crippen molar-refractivity contribution in [3.05, 3.63) is 29.3 Å². The van der Waals surface area contributed by atoms with Crippen molar-refractivity contribution in [1.29, 1.82) is 0 Å². The Morgan fingerprint density at radius 1 is 1.25 bits per heavy atom. The minimum Gasteiger partial charge on any atom is -0.371 e. The van der Waals surface area contributed by atoms with Crippen molar-refractivity contribution in [2.45, 2.75) is 25.8 Å². The number of rotatable bonds is 3. The van der Waals surface area contributed by atoms with Crippen LogP contribution in [0.4, 0.5) is 5.69 Å². The molecule has 16 heavy (non-hydrogen) atoms. The average Bonchev–Trinajstić information content (AvgIpc) is 2.32. The first-order valence-electron chi connectivity index (χ1n) is 6.03. The molecule has 1 aliphatic rings. The van der Waals surface area contributed by atoms with E-state index in [9.17, 15) is 0 Å². The minimum absolute atomic E-state index is 0.702. The first-order chi connectivity index (χ1) is 7.79. The lowest BCUT2D eigenvalue weighted by atomic mass is 10.0. The van der Waals surface area contributed by atoms with Crippen LogP contribution < -0.4 is 10.2 Å². The van der Waals surface area contributed by atoms with E-state index in [4.69, 9.17) is 11.6 Å². The largest absolute Gasteiger partial charge is 0.371 e. The predicted molar refractivity (Wildman–Crippen MR) is 70.4 cm³/mol. The first kappa shape index (κ1) is 11.7. The Morgan fingerprint density at radius 2 is 1.88 bits per heavy atom. The van der Waals surface area contributed by atoms with Crippen LogP contribution in [0.2, 0.25) is 5.02 Å². The summed E-state index contributed by atoms with van der Waals surface area (Å²) < 4.78 is 0. The van der Waals surface area contributed by atoms with E-state index in [2.05, 4.69) is 29.3 Å². The average molecular weight is 239 g/mol. The molecule has 0 amide bonds. The summed E-state index contributed by atoms with van der Waals surface area (Å²) >= 11 is 5.89. The third kappa shape index (κ3) is 2.89. The van der Waals surface area contributed by atoms with Crippen molar-refractivity contribution in [3.8, 4) is 0 Å². The number of hydrogen-bond donors (Lipinski definition) is 1. The molecular formula is C13H19ClN2. The second kappa shape index (κ2) is 5.55. The van der Waals surface area contributed by atoms with Gasteiger partial charge in [-0.1, -0.05) is 18.5 Å². The van der Waals surface area contributed by atoms with Crippen LogP contribution in [-0.4, -0.2) is 25.7 Å². The summed E-state index contributed by atoms with van der Waals surface area (Å²) in [6, 6.07) is 8.85. The molecule has 0 bridgehead atoms. The molecule has 1 fully saturated rings. The molecule has 0 unspecified atom stereocenters. The fraction of sp³-hybridized carbons (Fsp3) is 0.538. The van der Waals surface area contributed by atoms with Gasteiger partial charge in [-0.15, -0.1) is 0 Å². The summed E-state index contributed by atoms with van der Waals surface area (Å²) in [4.78, 5) is 2.43. The zero-order valence-electron chi connectivity index (χ0n) is 9.75. The molecule has 0 radical (unpaired) electrons. The molecule has 1 aliphatic heterocycles. The van der Waals surface area contributed by atoms with Crippen LogP contribution in [0.3, 0.4) is 0 Å². The van der Waals surface area contributed by atoms with Crippen molar-refractivity contribution in [3.63, 3.8) is 0 Å². The molecule has 1 aromatic carbocycles. The predicted octanol–water partition coefficient (Wildman–Crippen LogP) is 2.92. The molecule has 0 aromatic heterocycles. The lowest BCUT2D eigenvalue weighted by Crippen LogP contribution is -2.42. The molecule has 1 aromatic rings. The molecule has 0 saturated carbocycles. The second-order valence-corrected chi connectivity index (χ2v) is 4.73. The number of anilines is 1. The highest BCUT2D eigenvalue weighted by molar-refractivity contribution is 6.30. The van der Waals surface area contributed by atoms with Gasteiger partial charge in [0.15, 0.2) is 0 Å². The Hall–Kier alpha value is -0.730. The molecule has 2 rings (SSSR count). The van der Waals surface area contributed by atoms with Gasteiger partial charge in [0, 0.05) is 29.8 Å². The Morgan fingerprint density at radius 3 is 2.44 bits per heavy atom. The highest BCUT2D eigenvalue weighted by Crippen LogP contribution is 2.21. The number of nitrogens with zero attached hydrogens (tertiary/aromatic N) is 1. The van der Waals surface area contributed by atoms with Crippen molar-refractivity contribution >= 4 is 17.3 Å². The molecule has 2 nitrogen and oxygen atoms in total. The van der Waals surface area contributed by atoms with E-state index < -0.39 is 0 Å². The molecule has 88 valence electrons. The van der Waals surface area contributed by atoms with Gasteiger partial charge in [0.25, 0.3) is 0 Å². The minimum atomic E-state index is 0.702. The van der Waals surface area contributed by atoms with Crippen molar-refractivity contribution in [2.24, 2.45) is 0 Å². The van der Waals surface area contributed by atoms with Crippen LogP contribution in [-0.2, 0) is 0 Å². The van der Waals surface area contributed by atoms with Gasteiger partial charge < -0.3 is 10.2 Å². The van der Waals surface area contributed by atoms with Crippen LogP contribution >= 0.6 is 11.6 Å². The van der Waals surface area contributed by atoms with E-state index in [0.29, 0.717) is 6.04 Å². The molecule has 0 atom stereocenters. The third-order valence-electron chi connectivity index (χ3n) is 3.18. The number of halogens is 1. The van der Waals surface area contributed by atoms with Gasteiger partial charge in [0.1, 0.15) is 0 Å². The van der Waals surface area contributed by atoms with Crippen LogP contribution in [0, 0.1) is 0 Å². The van der Waals surface area contributed by atoms with E-state index in [1.54, 1.807) is 0 Å². The fourth-order valence-electron chi connectivity index (χ4n) is 2.28. The molecular weight excluding hydrogens is 220 g/mol. The summed E-state index contributed by atoms with van der Waals surface area (Å²) in [5, 5.41) is 4.33. The van der Waals surface area contributed by atoms with E-state index in [1.165, 1.54) is 18.5 Å². The molecule has 1 N–H and O–H groups in total. The summed E-state index contributed by atoms with van der Waals surface area (Å²) in [5.41, 5.74) is 1.29. The lowest BCUT2D eigenvalue weighted by Gasteiger charge is -2.34. The number of benzene rings is 1. The van der Waals surface area contributed by atoms with Gasteiger partial charge in [0.05, 0.1) is 0 Å². The zero-order valence-corrected chi connectivity index (χ0v) is 10.5. The molecule has 0 spiro atoms. The normalized spacial score (nSPS) is 17.8. The highest BCUT2D eigenvalue weighted by Gasteiger charge is 2.18. The third-order valence-corrected chi connectivity index (χ3v) is 3.43. The maximum absolute atomic E-state index is 5.89. The summed E-state index contributed by atoms with van der Waals surface area (Å²) in [6.45, 7) is 5.52. The zero-order chi connectivity index (χ0) is 11.4. The molecule has 1 heterocycles. The van der Waals surface area contributed by atoms with Crippen LogP contribution in [0.25, 0.3) is 0 Å². The molecule has 0 aliphatic carbocycles. The maximum Gasteiger partial charge on any atom is 0.0407 e.